The van der Waals surface area contributed by atoms with Crippen LogP contribution in [0.4, 0.5) is 5.69 Å². The molecule has 9 nitrogen and oxygen atoms in total. The van der Waals surface area contributed by atoms with Crippen molar-refractivity contribution in [1.29, 1.82) is 0 Å². The van der Waals surface area contributed by atoms with Gasteiger partial charge in [-0.25, -0.2) is 0 Å². The molecule has 0 aliphatic heterocycles. The molecule has 0 aliphatic carbocycles. The molecule has 1 aromatic heterocycles. The molecule has 9 heteroatoms. The Morgan fingerprint density at radius 1 is 0.531 bits per heavy atom. The van der Waals surface area contributed by atoms with Gasteiger partial charge in [0.05, 0.1) is 28.7 Å². The lowest BCUT2D eigenvalue weighted by atomic mass is 9.99. The number of aliphatic hydroxyl groups is 6. The van der Waals surface area contributed by atoms with Crippen molar-refractivity contribution in [2.45, 2.75) is 6.92 Å². The number of benzene rings is 7. The minimum Gasteiger partial charge on any atom is -0.512 e. The summed E-state index contributed by atoms with van der Waals surface area (Å²) in [5.74, 6) is -3.83. The first-order valence-corrected chi connectivity index (χ1v) is 20.3. The molecule has 0 aliphatic rings. The fraction of sp³-hybridized carbons (Fsp3) is 0.0364. The van der Waals surface area contributed by atoms with Gasteiger partial charge in [0.15, 0.2) is 23.0 Å². The van der Waals surface area contributed by atoms with Crippen molar-refractivity contribution in [2.75, 3.05) is 11.4 Å². The number of terminal acetylenes is 1. The van der Waals surface area contributed by atoms with Crippen LogP contribution in [0.25, 0.3) is 60.9 Å². The Bertz CT molecular complexity index is 3150. The Balaban J connectivity index is 1.13. The molecule has 0 atom stereocenters. The maximum absolute atomic E-state index is 14.2. The molecule has 0 bridgehead atoms. The number of allylic oxidation sites excluding steroid dienone is 4. The van der Waals surface area contributed by atoms with E-state index in [2.05, 4.69) is 65.1 Å². The number of nitrogens with zero attached hydrogens (tertiary/aromatic N) is 2. The number of carbonyl (C=O) groups is 1. The predicted octanol–water partition coefficient (Wildman–Crippen LogP) is 12.7. The van der Waals surface area contributed by atoms with Crippen LogP contribution in [0.5, 0.6) is 0 Å². The quantitative estimate of drug-likeness (QED) is 0.0329. The van der Waals surface area contributed by atoms with E-state index in [4.69, 9.17) is 6.42 Å². The number of rotatable bonds is 11. The normalized spacial score (nSPS) is 13.0. The molecule has 1 amide bonds. The van der Waals surface area contributed by atoms with E-state index < -0.39 is 41.2 Å². The molecular weight excluding hydrogens is 801 g/mol. The second-order valence-corrected chi connectivity index (χ2v) is 15.0. The number of carbonyl (C=O) groups excluding carboxylic acids is 1. The lowest BCUT2D eigenvalue weighted by molar-refractivity contribution is -0.117. The van der Waals surface area contributed by atoms with Crippen LogP contribution in [0.3, 0.4) is 0 Å². The minimum atomic E-state index is -1.18. The van der Waals surface area contributed by atoms with Crippen LogP contribution < -0.4 is 4.90 Å². The highest BCUT2D eigenvalue weighted by Gasteiger charge is 2.29. The van der Waals surface area contributed by atoms with Gasteiger partial charge in [-0.05, 0) is 82.6 Å². The molecule has 7 aromatic carbocycles. The van der Waals surface area contributed by atoms with E-state index in [0.29, 0.717) is 5.56 Å². The summed E-state index contributed by atoms with van der Waals surface area (Å²) in [6, 6.07) is 56.2. The third-order valence-corrected chi connectivity index (χ3v) is 11.0. The summed E-state index contributed by atoms with van der Waals surface area (Å²) in [7, 11) is 0. The molecular formula is C55H42N2O7. The molecule has 0 saturated heterocycles. The van der Waals surface area contributed by atoms with Crippen LogP contribution >= 0.6 is 0 Å². The molecule has 0 radical (unpaired) electrons. The first-order chi connectivity index (χ1) is 31.0. The summed E-state index contributed by atoms with van der Waals surface area (Å²) >= 11 is 0. The zero-order valence-corrected chi connectivity index (χ0v) is 34.6. The van der Waals surface area contributed by atoms with Crippen LogP contribution in [-0.2, 0) is 4.79 Å². The second kappa shape index (κ2) is 18.0. The highest BCUT2D eigenvalue weighted by Crippen LogP contribution is 2.35. The van der Waals surface area contributed by atoms with E-state index in [0.717, 1.165) is 43.9 Å². The number of para-hydroxylation sites is 2. The third-order valence-electron chi connectivity index (χ3n) is 11.0. The van der Waals surface area contributed by atoms with E-state index in [1.165, 1.54) is 17.7 Å². The molecule has 64 heavy (non-hydrogen) atoms. The van der Waals surface area contributed by atoms with Crippen molar-refractivity contribution in [1.82, 2.24) is 4.57 Å². The summed E-state index contributed by atoms with van der Waals surface area (Å²) < 4.78 is 2.28. The Morgan fingerprint density at radius 2 is 1.02 bits per heavy atom. The number of hydrogen-bond acceptors (Lipinski definition) is 7. The minimum absolute atomic E-state index is 0.156. The van der Waals surface area contributed by atoms with Gasteiger partial charge in [-0.1, -0.05) is 146 Å². The molecule has 1 heterocycles. The second-order valence-electron chi connectivity index (χ2n) is 15.0. The smallest absolute Gasteiger partial charge is 0.297 e. The number of fused-ring (bicyclic) bond motifs is 3. The Morgan fingerprint density at radius 3 is 1.55 bits per heavy atom. The Kier molecular flexibility index (Phi) is 11.8. The molecule has 0 unspecified atom stereocenters. The molecule has 0 saturated carbocycles. The zero-order valence-electron chi connectivity index (χ0n) is 34.6. The SMILES string of the molecule is C#C/C(O)=C(\C(O)=C(\O)CN(C(=O)/C(O)=C(O)\C(=C(/C)O)c1ccccc1)c1ccc(-c2ccc(-c3cccc(-n4c5ccccc5c5ccccc54)c3)cc2)cc1)c1ccccc1. The van der Waals surface area contributed by atoms with Gasteiger partial charge >= 0.3 is 0 Å². The van der Waals surface area contributed by atoms with E-state index in [1.807, 2.05) is 42.5 Å². The molecule has 314 valence electrons. The average molecular weight is 843 g/mol. The lowest BCUT2D eigenvalue weighted by Gasteiger charge is -2.24. The standard InChI is InChI=1S/C55H42N2O7/c1-3-48(59)51(40-17-8-5-9-18-40)52(61)49(60)34-56(55(64)54(63)53(62)50(35(2)58)39-15-6-4-7-16-39)42-31-29-37(30-32-42)36-25-27-38(28-26-36)41-19-14-20-43(33-41)57-46-23-12-10-21-44(46)45-22-11-13-24-47(45)57/h1,4-33,58-63H,34H2,2H3/b50-35+,51-48+,52-49-,54-53-. The van der Waals surface area contributed by atoms with E-state index in [9.17, 15) is 35.4 Å². The summed E-state index contributed by atoms with van der Waals surface area (Å²) in [6.07, 6.45) is 5.49. The van der Waals surface area contributed by atoms with Crippen molar-refractivity contribution in [3.63, 3.8) is 0 Å². The number of anilines is 1. The molecule has 0 fully saturated rings. The van der Waals surface area contributed by atoms with Crippen LogP contribution in [0.2, 0.25) is 0 Å². The highest BCUT2D eigenvalue weighted by atomic mass is 16.3. The molecule has 6 N–H and O–H groups in total. The van der Waals surface area contributed by atoms with Crippen LogP contribution in [0.15, 0.2) is 217 Å². The number of aromatic nitrogens is 1. The summed E-state index contributed by atoms with van der Waals surface area (Å²) in [6.45, 7) is 0.547. The van der Waals surface area contributed by atoms with Crippen molar-refractivity contribution in [3.05, 3.63) is 228 Å². The lowest BCUT2D eigenvalue weighted by Crippen LogP contribution is -2.35. The van der Waals surface area contributed by atoms with E-state index in [-0.39, 0.29) is 28.2 Å². The molecule has 8 aromatic rings. The molecule has 8 rings (SSSR count). The van der Waals surface area contributed by atoms with Gasteiger partial charge < -0.3 is 35.2 Å². The topological polar surface area (TPSA) is 147 Å². The fourth-order valence-corrected chi connectivity index (χ4v) is 7.90. The van der Waals surface area contributed by atoms with Crippen molar-refractivity contribution in [3.8, 4) is 40.3 Å². The van der Waals surface area contributed by atoms with Gasteiger partial charge in [0.25, 0.3) is 5.91 Å². The summed E-state index contributed by atoms with van der Waals surface area (Å²) in [4.78, 5) is 15.2. The average Bonchev–Trinajstić information content (AvgIpc) is 3.68. The fourth-order valence-electron chi connectivity index (χ4n) is 7.90. The maximum atomic E-state index is 14.2. The van der Waals surface area contributed by atoms with E-state index in [1.54, 1.807) is 84.9 Å². The van der Waals surface area contributed by atoms with Gasteiger partial charge in [-0.3, -0.25) is 9.69 Å². The van der Waals surface area contributed by atoms with Crippen LogP contribution in [0.1, 0.15) is 18.1 Å². The Hall–Kier alpha value is -8.87. The van der Waals surface area contributed by atoms with Gasteiger partial charge in [-0.15, -0.1) is 6.42 Å². The van der Waals surface area contributed by atoms with Gasteiger partial charge in [-0.2, -0.15) is 0 Å². The number of amides is 1. The first-order valence-electron chi connectivity index (χ1n) is 20.3. The van der Waals surface area contributed by atoms with Crippen molar-refractivity contribution < 1.29 is 35.4 Å². The van der Waals surface area contributed by atoms with Crippen LogP contribution in [0, 0.1) is 12.3 Å². The highest BCUT2D eigenvalue weighted by molar-refractivity contribution is 6.09. The van der Waals surface area contributed by atoms with Gasteiger partial charge in [0.2, 0.25) is 5.76 Å². The first kappa shape index (κ1) is 41.8. The summed E-state index contributed by atoms with van der Waals surface area (Å²) in [5.41, 5.74) is 7.26. The third kappa shape index (κ3) is 8.15. The van der Waals surface area contributed by atoms with Gasteiger partial charge in [0.1, 0.15) is 5.76 Å². The van der Waals surface area contributed by atoms with Crippen molar-refractivity contribution in [2.24, 2.45) is 0 Å². The predicted molar refractivity (Wildman–Crippen MR) is 255 cm³/mol. The monoisotopic (exact) mass is 842 g/mol. The Labute approximate surface area is 369 Å². The van der Waals surface area contributed by atoms with Crippen molar-refractivity contribution >= 4 is 44.5 Å². The number of hydrogen-bond donors (Lipinski definition) is 6. The van der Waals surface area contributed by atoms with Crippen LogP contribution in [-0.4, -0.2) is 47.7 Å². The maximum Gasteiger partial charge on any atom is 0.297 e. The number of aliphatic hydroxyl groups excluding tert-OH is 6. The zero-order chi connectivity index (χ0) is 44.9. The largest absolute Gasteiger partial charge is 0.512 e. The molecule has 0 spiro atoms. The van der Waals surface area contributed by atoms with Gasteiger partial charge in [0, 0.05) is 22.1 Å². The summed E-state index contributed by atoms with van der Waals surface area (Å²) in [5, 5.41) is 68.9. The van der Waals surface area contributed by atoms with E-state index >= 15 is 0 Å².